The van der Waals surface area contributed by atoms with Gasteiger partial charge >= 0.3 is 5.97 Å². The van der Waals surface area contributed by atoms with Crippen molar-refractivity contribution in [3.8, 4) is 0 Å². The van der Waals surface area contributed by atoms with E-state index in [-0.39, 0.29) is 11.5 Å². The van der Waals surface area contributed by atoms with Gasteiger partial charge in [0.15, 0.2) is 0 Å². The fourth-order valence-electron chi connectivity index (χ4n) is 1.25. The van der Waals surface area contributed by atoms with E-state index in [0.717, 1.165) is 0 Å². The lowest BCUT2D eigenvalue weighted by molar-refractivity contribution is -0.138. The summed E-state index contributed by atoms with van der Waals surface area (Å²) in [6.07, 6.45) is 0. The normalized spacial score (nSPS) is 14.4. The molecule has 22 heavy (non-hydrogen) atoms. The molecule has 0 aromatic carbocycles. The zero-order valence-corrected chi connectivity index (χ0v) is 13.7. The molecule has 0 aromatic rings. The van der Waals surface area contributed by atoms with E-state index in [0.29, 0.717) is 0 Å². The predicted octanol–water partition coefficient (Wildman–Crippen LogP) is -2.64. The van der Waals surface area contributed by atoms with E-state index in [1.807, 2.05) is 0 Å². The van der Waals surface area contributed by atoms with E-state index in [1.165, 1.54) is 6.92 Å². The second-order valence-corrected chi connectivity index (χ2v) is 5.10. The molecule has 0 saturated carbocycles. The first-order chi connectivity index (χ1) is 10.2. The van der Waals surface area contributed by atoms with Gasteiger partial charge in [0.25, 0.3) is 0 Å². The number of carboxylic acid groups (broad SMARTS) is 1. The molecule has 3 unspecified atom stereocenters. The molecule has 0 aliphatic carbocycles. The van der Waals surface area contributed by atoms with Crippen molar-refractivity contribution in [1.82, 2.24) is 16.0 Å². The highest BCUT2D eigenvalue weighted by Crippen LogP contribution is 1.94. The molecule has 0 heterocycles. The maximum atomic E-state index is 11.9. The van der Waals surface area contributed by atoms with Gasteiger partial charge in [-0.05, 0) is 6.92 Å². The monoisotopic (exact) mass is 352 g/mol. The molecule has 6 N–H and O–H groups in total. The van der Waals surface area contributed by atoms with Gasteiger partial charge in [0, 0.05) is 11.5 Å². The first kappa shape index (κ1) is 20.5. The Morgan fingerprint density at radius 1 is 1.05 bits per heavy atom. The molecule has 0 rings (SSSR count). The van der Waals surface area contributed by atoms with Crippen LogP contribution in [-0.2, 0) is 19.2 Å². The number of carboxylic acids is 1. The summed E-state index contributed by atoms with van der Waals surface area (Å²) in [6.45, 7) is 0.828. The minimum Gasteiger partial charge on any atom is -0.480 e. The third-order valence-electron chi connectivity index (χ3n) is 2.51. The van der Waals surface area contributed by atoms with E-state index in [1.54, 1.807) is 0 Å². The molecule has 126 valence electrons. The van der Waals surface area contributed by atoms with Crippen LogP contribution in [-0.4, -0.2) is 65.0 Å². The van der Waals surface area contributed by atoms with Crippen molar-refractivity contribution in [2.45, 2.75) is 25.0 Å². The molecule has 0 aliphatic heterocycles. The molecule has 0 radical (unpaired) electrons. The molecule has 3 atom stereocenters. The summed E-state index contributed by atoms with van der Waals surface area (Å²) in [7, 11) is 0. The number of amides is 3. The van der Waals surface area contributed by atoms with Crippen molar-refractivity contribution in [2.24, 2.45) is 5.73 Å². The Kier molecular flexibility index (Phi) is 9.61. The number of nitrogens with one attached hydrogen (secondary N) is 3. The van der Waals surface area contributed by atoms with E-state index in [2.05, 4.69) is 41.2 Å². The molecule has 0 fully saturated rings. The Morgan fingerprint density at radius 2 is 1.64 bits per heavy atom. The van der Waals surface area contributed by atoms with Crippen molar-refractivity contribution in [3.63, 3.8) is 0 Å². The fourth-order valence-corrected chi connectivity index (χ4v) is 1.67. The number of hydrogen-bond acceptors (Lipinski definition) is 7. The molecule has 9 nitrogen and oxygen atoms in total. The van der Waals surface area contributed by atoms with Crippen molar-refractivity contribution in [2.75, 3.05) is 18.1 Å². The molecule has 0 aromatic heterocycles. The molecule has 0 bridgehead atoms. The molecular formula is C11H20N4O5S2. The summed E-state index contributed by atoms with van der Waals surface area (Å²) >= 11 is 7.83. The largest absolute Gasteiger partial charge is 0.480 e. The van der Waals surface area contributed by atoms with Crippen LogP contribution in [0.1, 0.15) is 6.92 Å². The number of rotatable bonds is 9. The van der Waals surface area contributed by atoms with Crippen molar-refractivity contribution < 1.29 is 24.3 Å². The second-order valence-electron chi connectivity index (χ2n) is 4.37. The lowest BCUT2D eigenvalue weighted by atomic mass is 10.2. The maximum Gasteiger partial charge on any atom is 0.322 e. The summed E-state index contributed by atoms with van der Waals surface area (Å²) in [6, 6.07) is -2.81. The topological polar surface area (TPSA) is 151 Å². The third-order valence-corrected chi connectivity index (χ3v) is 3.27. The van der Waals surface area contributed by atoms with Gasteiger partial charge in [0.05, 0.1) is 6.04 Å². The predicted molar refractivity (Wildman–Crippen MR) is 85.9 cm³/mol. The fraction of sp³-hybridized carbons (Fsp3) is 0.636. The summed E-state index contributed by atoms with van der Waals surface area (Å²) in [5.41, 5.74) is 5.47. The summed E-state index contributed by atoms with van der Waals surface area (Å²) in [4.78, 5) is 45.4. The Labute approximate surface area is 138 Å². The zero-order chi connectivity index (χ0) is 17.3. The molecule has 0 saturated heterocycles. The zero-order valence-electron chi connectivity index (χ0n) is 11.9. The smallest absolute Gasteiger partial charge is 0.322 e. The highest BCUT2D eigenvalue weighted by Gasteiger charge is 2.25. The lowest BCUT2D eigenvalue weighted by Crippen LogP contribution is -2.56. The highest BCUT2D eigenvalue weighted by atomic mass is 32.1. The molecular weight excluding hydrogens is 332 g/mol. The van der Waals surface area contributed by atoms with Gasteiger partial charge in [-0.2, -0.15) is 25.3 Å². The van der Waals surface area contributed by atoms with Crippen molar-refractivity contribution in [1.29, 1.82) is 0 Å². The minimum absolute atomic E-state index is 0.000327. The van der Waals surface area contributed by atoms with Gasteiger partial charge in [0.2, 0.25) is 17.7 Å². The van der Waals surface area contributed by atoms with Crippen LogP contribution in [0, 0.1) is 0 Å². The third kappa shape index (κ3) is 7.52. The summed E-state index contributed by atoms with van der Waals surface area (Å²) in [5, 5.41) is 15.3. The first-order valence-corrected chi connectivity index (χ1v) is 7.57. The van der Waals surface area contributed by atoms with E-state index >= 15 is 0 Å². The number of carbonyl (C=O) groups is 4. The van der Waals surface area contributed by atoms with Crippen molar-refractivity contribution in [3.05, 3.63) is 0 Å². The van der Waals surface area contributed by atoms with Crippen LogP contribution < -0.4 is 21.7 Å². The minimum atomic E-state index is -1.20. The van der Waals surface area contributed by atoms with Crippen LogP contribution in [0.4, 0.5) is 0 Å². The molecule has 0 spiro atoms. The Hall–Kier alpha value is -1.46. The average molecular weight is 352 g/mol. The molecule has 11 heteroatoms. The number of aliphatic carboxylic acids is 1. The van der Waals surface area contributed by atoms with Gasteiger partial charge < -0.3 is 26.8 Å². The van der Waals surface area contributed by atoms with E-state index in [4.69, 9.17) is 10.8 Å². The Balaban J connectivity index is 4.49. The number of thiol groups is 2. The van der Waals surface area contributed by atoms with Crippen LogP contribution >= 0.6 is 25.3 Å². The number of carbonyl (C=O) groups excluding carboxylic acids is 3. The van der Waals surface area contributed by atoms with Gasteiger partial charge in [-0.25, -0.2) is 0 Å². The summed E-state index contributed by atoms with van der Waals surface area (Å²) in [5.74, 6) is -2.94. The Bertz CT molecular complexity index is 435. The van der Waals surface area contributed by atoms with Crippen molar-refractivity contribution >= 4 is 48.9 Å². The number of nitrogens with two attached hydrogens (primary N) is 1. The van der Waals surface area contributed by atoms with Crippen LogP contribution in [0.3, 0.4) is 0 Å². The quantitative estimate of drug-likeness (QED) is 0.225. The van der Waals surface area contributed by atoms with Crippen LogP contribution in [0.5, 0.6) is 0 Å². The number of hydrogen-bond donors (Lipinski definition) is 7. The molecule has 0 aliphatic rings. The van der Waals surface area contributed by atoms with Gasteiger partial charge in [-0.1, -0.05) is 0 Å². The standard InChI is InChI=1S/C11H20N4O5S2/c1-5(9(18)13-2-8(16)17)14-11(20)7(4-22)15-10(19)6(12)3-21/h5-7,21-22H,2-4,12H2,1H3,(H,13,18)(H,14,20)(H,15,19)(H,16,17). The van der Waals surface area contributed by atoms with E-state index in [9.17, 15) is 19.2 Å². The highest BCUT2D eigenvalue weighted by molar-refractivity contribution is 7.80. The average Bonchev–Trinajstić information content (AvgIpc) is 2.48. The van der Waals surface area contributed by atoms with Gasteiger partial charge in [-0.3, -0.25) is 19.2 Å². The maximum absolute atomic E-state index is 11.9. The second kappa shape index (κ2) is 10.3. The van der Waals surface area contributed by atoms with Crippen LogP contribution in [0.25, 0.3) is 0 Å². The Morgan fingerprint density at radius 3 is 2.09 bits per heavy atom. The lowest BCUT2D eigenvalue weighted by Gasteiger charge is -2.20. The van der Waals surface area contributed by atoms with Gasteiger partial charge in [-0.15, -0.1) is 0 Å². The molecule has 3 amide bonds. The SMILES string of the molecule is CC(NC(=O)C(CS)NC(=O)C(N)CS)C(=O)NCC(=O)O. The van der Waals surface area contributed by atoms with E-state index < -0.39 is 48.4 Å². The van der Waals surface area contributed by atoms with Crippen LogP contribution in [0.2, 0.25) is 0 Å². The van der Waals surface area contributed by atoms with Crippen LogP contribution in [0.15, 0.2) is 0 Å². The summed E-state index contributed by atoms with van der Waals surface area (Å²) < 4.78 is 0. The first-order valence-electron chi connectivity index (χ1n) is 6.30. The van der Waals surface area contributed by atoms with Gasteiger partial charge in [0.1, 0.15) is 18.6 Å².